The number of nitrogens with one attached hydrogen (secondary N) is 2. The largest absolute Gasteiger partial charge is 0.495 e. The van der Waals surface area contributed by atoms with Gasteiger partial charge in [-0.15, -0.1) is 5.10 Å². The Morgan fingerprint density at radius 2 is 1.74 bits per heavy atom. The van der Waals surface area contributed by atoms with Crippen molar-refractivity contribution in [2.24, 2.45) is 0 Å². The second-order valence-corrected chi connectivity index (χ2v) is 12.2. The van der Waals surface area contributed by atoms with E-state index in [2.05, 4.69) is 25.8 Å². The molecular weight excluding hydrogens is 616 g/mol. The molecule has 0 aliphatic rings. The molecule has 14 heteroatoms. The molecule has 0 saturated carbocycles. The summed E-state index contributed by atoms with van der Waals surface area (Å²) in [6, 6.07) is 19.6. The minimum atomic E-state index is -3.49. The number of amides is 1. The minimum absolute atomic E-state index is 0.0682. The quantitative estimate of drug-likeness (QED) is 0.197. The summed E-state index contributed by atoms with van der Waals surface area (Å²) in [4.78, 5) is 21.9. The van der Waals surface area contributed by atoms with Gasteiger partial charge in [0.25, 0.3) is 5.91 Å². The van der Waals surface area contributed by atoms with Crippen LogP contribution in [0.15, 0.2) is 96.2 Å². The Labute approximate surface area is 261 Å². The number of halogens is 2. The number of hydrogen-bond donors (Lipinski definition) is 2. The first-order chi connectivity index (χ1) is 22.2. The predicted molar refractivity (Wildman–Crippen MR) is 168 cm³/mol. The lowest BCUT2D eigenvalue weighted by molar-refractivity contribution is 0.101. The van der Waals surface area contributed by atoms with Crippen LogP contribution in [-0.2, 0) is 9.84 Å². The fourth-order valence-corrected chi connectivity index (χ4v) is 5.73. The van der Waals surface area contributed by atoms with Crippen LogP contribution in [0.1, 0.15) is 17.3 Å². The minimum Gasteiger partial charge on any atom is -0.495 e. The Hall–Kier alpha value is -5.76. The molecule has 2 N–H and O–H groups in total. The topological polar surface area (TPSA) is 140 Å². The maximum Gasteiger partial charge on any atom is 0.261 e. The predicted octanol–water partition coefficient (Wildman–Crippen LogP) is 5.93. The molecule has 3 aromatic heterocycles. The zero-order chi connectivity index (χ0) is 32.4. The van der Waals surface area contributed by atoms with E-state index >= 15 is 0 Å². The summed E-state index contributed by atoms with van der Waals surface area (Å²) < 4.78 is 60.4. The first-order valence-electron chi connectivity index (χ1n) is 13.9. The number of rotatable bonds is 9. The Kier molecular flexibility index (Phi) is 8.11. The summed E-state index contributed by atoms with van der Waals surface area (Å²) in [5.74, 6) is -2.43. The van der Waals surface area contributed by atoms with Crippen molar-refractivity contribution in [3.05, 3.63) is 108 Å². The summed E-state index contributed by atoms with van der Waals surface area (Å²) in [5.41, 5.74) is 2.58. The Bertz CT molecular complexity index is 2200. The highest BCUT2D eigenvalue weighted by atomic mass is 32.2. The van der Waals surface area contributed by atoms with Gasteiger partial charge in [-0.05, 0) is 60.7 Å². The van der Waals surface area contributed by atoms with Crippen LogP contribution in [0.25, 0.3) is 28.0 Å². The highest BCUT2D eigenvalue weighted by Gasteiger charge is 2.21. The molecule has 6 aromatic rings. The lowest BCUT2D eigenvalue weighted by Crippen LogP contribution is -2.15. The fourth-order valence-electron chi connectivity index (χ4n) is 4.82. The second-order valence-electron chi connectivity index (χ2n) is 9.91. The van der Waals surface area contributed by atoms with E-state index in [1.54, 1.807) is 55.6 Å². The van der Waals surface area contributed by atoms with E-state index in [0.717, 1.165) is 12.1 Å². The number of nitrogens with zero attached hydrogens (tertiary/aromatic N) is 5. The molecule has 11 nitrogen and oxygen atoms in total. The molecule has 0 aliphatic heterocycles. The van der Waals surface area contributed by atoms with Gasteiger partial charge in [0.2, 0.25) is 5.95 Å². The third-order valence-electron chi connectivity index (χ3n) is 7.07. The molecule has 0 unspecified atom stereocenters. The Balaban J connectivity index is 1.39. The van der Waals surface area contributed by atoms with Crippen molar-refractivity contribution in [1.82, 2.24) is 24.8 Å². The molecule has 3 aromatic carbocycles. The van der Waals surface area contributed by atoms with Gasteiger partial charge >= 0.3 is 0 Å². The molecule has 0 aliphatic carbocycles. The van der Waals surface area contributed by atoms with Crippen LogP contribution in [-0.4, -0.2) is 52.0 Å². The molecule has 0 spiro atoms. The molecule has 0 radical (unpaired) electrons. The smallest absolute Gasteiger partial charge is 0.261 e. The number of fused-ring (bicyclic) bond motifs is 1. The number of methoxy groups -OCH3 is 1. The summed E-state index contributed by atoms with van der Waals surface area (Å²) in [6.45, 7) is 1.56. The standard InChI is InChI=1S/C32H25F2N7O4S/c1-3-46(43,44)21-12-13-27(45-2)25(18-21)39-32-35-16-14-24(38-32)29-26-11-6-15-36-41(26)40-30(29)19-7-4-8-20(17-19)37-31(42)28-22(33)9-5-10-23(28)34/h4-18H,3H2,1-2H3,(H,37,42)(H,35,38,39). The van der Waals surface area contributed by atoms with Gasteiger partial charge in [0.05, 0.1) is 40.2 Å². The average Bonchev–Trinajstić information content (AvgIpc) is 3.45. The number of carbonyl (C=O) groups excluding carboxylic acids is 1. The number of benzene rings is 3. The summed E-state index contributed by atoms with van der Waals surface area (Å²) in [6.07, 6.45) is 3.11. The molecule has 0 atom stereocenters. The van der Waals surface area contributed by atoms with Crippen molar-refractivity contribution >= 4 is 38.6 Å². The van der Waals surface area contributed by atoms with E-state index in [1.807, 2.05) is 6.07 Å². The summed E-state index contributed by atoms with van der Waals surface area (Å²) >= 11 is 0. The van der Waals surface area contributed by atoms with Crippen LogP contribution in [0.4, 0.5) is 26.1 Å². The number of anilines is 3. The van der Waals surface area contributed by atoms with E-state index < -0.39 is 32.9 Å². The van der Waals surface area contributed by atoms with Gasteiger partial charge in [0.15, 0.2) is 9.84 Å². The fraction of sp³-hybridized carbons (Fsp3) is 0.0938. The van der Waals surface area contributed by atoms with E-state index in [9.17, 15) is 22.0 Å². The van der Waals surface area contributed by atoms with Crippen LogP contribution in [0.3, 0.4) is 0 Å². The molecule has 1 amide bonds. The lowest BCUT2D eigenvalue weighted by Gasteiger charge is -2.13. The highest BCUT2D eigenvalue weighted by molar-refractivity contribution is 7.91. The van der Waals surface area contributed by atoms with Gasteiger partial charge in [-0.2, -0.15) is 9.73 Å². The van der Waals surface area contributed by atoms with Crippen LogP contribution < -0.4 is 15.4 Å². The van der Waals surface area contributed by atoms with Crippen LogP contribution in [0.5, 0.6) is 5.75 Å². The first kappa shape index (κ1) is 30.3. The van der Waals surface area contributed by atoms with Crippen molar-refractivity contribution in [3.63, 3.8) is 0 Å². The molecule has 6 rings (SSSR count). The van der Waals surface area contributed by atoms with Crippen LogP contribution in [0.2, 0.25) is 0 Å². The van der Waals surface area contributed by atoms with Crippen molar-refractivity contribution in [1.29, 1.82) is 0 Å². The normalized spacial score (nSPS) is 11.4. The third kappa shape index (κ3) is 5.85. The number of aromatic nitrogens is 5. The van der Waals surface area contributed by atoms with Crippen molar-refractivity contribution in [3.8, 4) is 28.3 Å². The average molecular weight is 642 g/mol. The van der Waals surface area contributed by atoms with E-state index in [0.29, 0.717) is 39.5 Å². The zero-order valence-corrected chi connectivity index (χ0v) is 25.2. The van der Waals surface area contributed by atoms with E-state index in [1.165, 1.54) is 36.1 Å². The number of sulfone groups is 1. The van der Waals surface area contributed by atoms with Gasteiger partial charge in [0, 0.05) is 23.6 Å². The van der Waals surface area contributed by atoms with Crippen molar-refractivity contribution in [2.45, 2.75) is 11.8 Å². The molecule has 232 valence electrons. The van der Waals surface area contributed by atoms with Gasteiger partial charge < -0.3 is 15.4 Å². The Morgan fingerprint density at radius 1 is 0.957 bits per heavy atom. The van der Waals surface area contributed by atoms with Gasteiger partial charge in [-0.1, -0.05) is 25.1 Å². The van der Waals surface area contributed by atoms with Crippen LogP contribution >= 0.6 is 0 Å². The molecular formula is C32H25F2N7O4S. The molecule has 0 saturated heterocycles. The van der Waals surface area contributed by atoms with Crippen LogP contribution in [0, 0.1) is 11.6 Å². The van der Waals surface area contributed by atoms with Gasteiger partial charge in [-0.3, -0.25) is 4.79 Å². The Morgan fingerprint density at radius 3 is 2.50 bits per heavy atom. The lowest BCUT2D eigenvalue weighted by atomic mass is 10.0. The maximum atomic E-state index is 14.2. The van der Waals surface area contributed by atoms with Crippen molar-refractivity contribution < 1.29 is 26.7 Å². The number of hydrogen-bond acceptors (Lipinski definition) is 9. The number of ether oxygens (including phenoxy) is 1. The second kappa shape index (κ2) is 12.3. The SMILES string of the molecule is CCS(=O)(=O)c1ccc(OC)c(Nc2nccc(-c3c(-c4cccc(NC(=O)c5c(F)cccc5F)c4)nn4ncccc34)n2)c1. The van der Waals surface area contributed by atoms with E-state index in [-0.39, 0.29) is 22.3 Å². The maximum absolute atomic E-state index is 14.2. The molecule has 3 heterocycles. The monoisotopic (exact) mass is 641 g/mol. The first-order valence-corrected chi connectivity index (χ1v) is 15.5. The molecule has 0 bridgehead atoms. The summed E-state index contributed by atoms with van der Waals surface area (Å²) in [5, 5.41) is 14.6. The zero-order valence-electron chi connectivity index (χ0n) is 24.4. The summed E-state index contributed by atoms with van der Waals surface area (Å²) in [7, 11) is -2.03. The number of carbonyl (C=O) groups is 1. The van der Waals surface area contributed by atoms with E-state index in [4.69, 9.17) is 9.72 Å². The third-order valence-corrected chi connectivity index (χ3v) is 8.80. The highest BCUT2D eigenvalue weighted by Crippen LogP contribution is 2.36. The van der Waals surface area contributed by atoms with Crippen molar-refractivity contribution in [2.75, 3.05) is 23.5 Å². The molecule has 0 fully saturated rings. The van der Waals surface area contributed by atoms with Gasteiger partial charge in [0.1, 0.15) is 28.6 Å². The molecule has 46 heavy (non-hydrogen) atoms. The van der Waals surface area contributed by atoms with Gasteiger partial charge in [-0.25, -0.2) is 27.2 Å².